The van der Waals surface area contributed by atoms with E-state index in [4.69, 9.17) is 0 Å². The molecule has 122 valence electrons. The zero-order valence-electron chi connectivity index (χ0n) is 13.6. The molecule has 0 bridgehead atoms. The third-order valence-electron chi connectivity index (χ3n) is 3.51. The Labute approximate surface area is 145 Å². The molecule has 0 unspecified atom stereocenters. The molecule has 3 aromatic rings. The number of carbonyl (C=O) groups is 1. The molecule has 0 saturated heterocycles. The number of amides is 1. The van der Waals surface area contributed by atoms with E-state index in [9.17, 15) is 4.79 Å². The predicted molar refractivity (Wildman–Crippen MR) is 97.1 cm³/mol. The number of carbonyl (C=O) groups excluding carboxylic acids is 1. The van der Waals surface area contributed by atoms with Crippen LogP contribution < -0.4 is 5.32 Å². The minimum absolute atomic E-state index is 0.00568. The highest BCUT2D eigenvalue weighted by Crippen LogP contribution is 2.21. The molecule has 1 heterocycles. The molecule has 1 aromatic heterocycles. The number of nitrogens with zero attached hydrogens (tertiary/aromatic N) is 3. The molecule has 0 fully saturated rings. The van der Waals surface area contributed by atoms with E-state index in [-0.39, 0.29) is 5.91 Å². The van der Waals surface area contributed by atoms with Crippen LogP contribution in [-0.2, 0) is 6.54 Å². The van der Waals surface area contributed by atoms with Crippen molar-refractivity contribution in [3.05, 3.63) is 65.7 Å². The van der Waals surface area contributed by atoms with Gasteiger partial charge in [-0.3, -0.25) is 4.79 Å². The molecule has 1 N–H and O–H groups in total. The summed E-state index contributed by atoms with van der Waals surface area (Å²) in [5.74, 6) is 0.737. The van der Waals surface area contributed by atoms with Crippen molar-refractivity contribution in [1.29, 1.82) is 0 Å². The SMILES string of the molecule is CN(C)C(=O)c1ccc(CNc2nc(-c3ccccc3)ns2)cc1. The second kappa shape index (κ2) is 7.23. The van der Waals surface area contributed by atoms with Gasteiger partial charge in [-0.15, -0.1) is 0 Å². The summed E-state index contributed by atoms with van der Waals surface area (Å²) in [6.07, 6.45) is 0. The lowest BCUT2D eigenvalue weighted by Crippen LogP contribution is -2.21. The summed E-state index contributed by atoms with van der Waals surface area (Å²) >= 11 is 1.34. The normalized spacial score (nSPS) is 10.4. The van der Waals surface area contributed by atoms with Gasteiger partial charge in [0.25, 0.3) is 5.91 Å². The lowest BCUT2D eigenvalue weighted by molar-refractivity contribution is 0.0827. The van der Waals surface area contributed by atoms with Crippen molar-refractivity contribution in [2.24, 2.45) is 0 Å². The molecule has 0 aliphatic heterocycles. The monoisotopic (exact) mass is 338 g/mol. The Morgan fingerprint density at radius 3 is 2.46 bits per heavy atom. The number of nitrogens with one attached hydrogen (secondary N) is 1. The van der Waals surface area contributed by atoms with Gasteiger partial charge < -0.3 is 10.2 Å². The van der Waals surface area contributed by atoms with Crippen LogP contribution in [0.15, 0.2) is 54.6 Å². The van der Waals surface area contributed by atoms with Crippen molar-refractivity contribution in [2.45, 2.75) is 6.54 Å². The van der Waals surface area contributed by atoms with Crippen molar-refractivity contribution in [3.8, 4) is 11.4 Å². The van der Waals surface area contributed by atoms with Gasteiger partial charge >= 0.3 is 0 Å². The first-order valence-electron chi connectivity index (χ1n) is 7.57. The van der Waals surface area contributed by atoms with Crippen LogP contribution in [0.3, 0.4) is 0 Å². The molecule has 3 rings (SSSR count). The minimum atomic E-state index is 0.00568. The molecule has 0 saturated carbocycles. The number of rotatable bonds is 5. The lowest BCUT2D eigenvalue weighted by atomic mass is 10.1. The van der Waals surface area contributed by atoms with Gasteiger partial charge in [0.05, 0.1) is 0 Å². The summed E-state index contributed by atoms with van der Waals surface area (Å²) in [6, 6.07) is 17.5. The first-order valence-corrected chi connectivity index (χ1v) is 8.34. The summed E-state index contributed by atoms with van der Waals surface area (Å²) < 4.78 is 4.37. The van der Waals surface area contributed by atoms with Gasteiger partial charge in [-0.1, -0.05) is 42.5 Å². The zero-order valence-corrected chi connectivity index (χ0v) is 14.4. The molecule has 0 atom stereocenters. The molecule has 5 nitrogen and oxygen atoms in total. The molecular formula is C18H18N4OS. The minimum Gasteiger partial charge on any atom is -0.356 e. The first kappa shape index (κ1) is 16.1. The Hall–Kier alpha value is -2.73. The smallest absolute Gasteiger partial charge is 0.253 e. The molecule has 24 heavy (non-hydrogen) atoms. The van der Waals surface area contributed by atoms with Crippen LogP contribution in [0.2, 0.25) is 0 Å². The molecule has 6 heteroatoms. The van der Waals surface area contributed by atoms with Crippen molar-refractivity contribution < 1.29 is 4.79 Å². The number of aromatic nitrogens is 2. The number of hydrogen-bond acceptors (Lipinski definition) is 5. The third-order valence-corrected chi connectivity index (χ3v) is 4.18. The summed E-state index contributed by atoms with van der Waals surface area (Å²) in [4.78, 5) is 17.9. The Kier molecular flexibility index (Phi) is 4.86. The van der Waals surface area contributed by atoms with E-state index in [1.54, 1.807) is 19.0 Å². The Balaban J connectivity index is 1.62. The standard InChI is InChI=1S/C18H18N4OS/c1-22(2)17(23)15-10-8-13(9-11-15)12-19-18-20-16(21-24-18)14-6-4-3-5-7-14/h3-11H,12H2,1-2H3,(H,19,20,21). The molecule has 0 radical (unpaired) electrons. The van der Waals surface area contributed by atoms with Crippen molar-refractivity contribution in [2.75, 3.05) is 19.4 Å². The van der Waals surface area contributed by atoms with Crippen LogP contribution >= 0.6 is 11.5 Å². The fourth-order valence-electron chi connectivity index (χ4n) is 2.20. The fourth-order valence-corrected chi connectivity index (χ4v) is 2.78. The van der Waals surface area contributed by atoms with Crippen molar-refractivity contribution in [3.63, 3.8) is 0 Å². The summed E-state index contributed by atoms with van der Waals surface area (Å²) in [7, 11) is 3.50. The topological polar surface area (TPSA) is 58.1 Å². The Morgan fingerprint density at radius 1 is 1.08 bits per heavy atom. The highest BCUT2D eigenvalue weighted by atomic mass is 32.1. The average Bonchev–Trinajstić information content (AvgIpc) is 3.09. The lowest BCUT2D eigenvalue weighted by Gasteiger charge is -2.10. The van der Waals surface area contributed by atoms with Crippen molar-refractivity contribution >= 4 is 22.6 Å². The van der Waals surface area contributed by atoms with Gasteiger partial charge in [0, 0.05) is 43.3 Å². The van der Waals surface area contributed by atoms with Crippen LogP contribution in [0.4, 0.5) is 5.13 Å². The van der Waals surface area contributed by atoms with Crippen LogP contribution in [0, 0.1) is 0 Å². The zero-order chi connectivity index (χ0) is 16.9. The molecular weight excluding hydrogens is 320 g/mol. The van der Waals surface area contributed by atoms with E-state index in [2.05, 4.69) is 14.7 Å². The van der Waals surface area contributed by atoms with Gasteiger partial charge in [0.15, 0.2) is 5.82 Å². The van der Waals surface area contributed by atoms with Crippen LogP contribution in [0.25, 0.3) is 11.4 Å². The largest absolute Gasteiger partial charge is 0.356 e. The van der Waals surface area contributed by atoms with Crippen LogP contribution in [0.5, 0.6) is 0 Å². The van der Waals surface area contributed by atoms with Gasteiger partial charge in [-0.05, 0) is 17.7 Å². The maximum absolute atomic E-state index is 11.9. The Morgan fingerprint density at radius 2 is 1.79 bits per heavy atom. The van der Waals surface area contributed by atoms with E-state index >= 15 is 0 Å². The highest BCUT2D eigenvalue weighted by Gasteiger charge is 2.08. The number of anilines is 1. The van der Waals surface area contributed by atoms with Crippen LogP contribution in [-0.4, -0.2) is 34.3 Å². The molecule has 0 spiro atoms. The van der Waals surface area contributed by atoms with E-state index in [1.165, 1.54) is 11.5 Å². The van der Waals surface area contributed by atoms with Gasteiger partial charge in [0.2, 0.25) is 5.13 Å². The molecule has 0 aliphatic carbocycles. The van der Waals surface area contributed by atoms with E-state index in [0.29, 0.717) is 12.1 Å². The average molecular weight is 338 g/mol. The first-order chi connectivity index (χ1) is 11.6. The summed E-state index contributed by atoms with van der Waals surface area (Å²) in [5, 5.41) is 4.05. The second-order valence-electron chi connectivity index (χ2n) is 5.54. The molecule has 2 aromatic carbocycles. The predicted octanol–water partition coefficient (Wildman–Crippen LogP) is 3.52. The van der Waals surface area contributed by atoms with E-state index in [1.807, 2.05) is 54.6 Å². The quantitative estimate of drug-likeness (QED) is 0.773. The van der Waals surface area contributed by atoms with Gasteiger partial charge in [-0.25, -0.2) is 0 Å². The van der Waals surface area contributed by atoms with Crippen LogP contribution in [0.1, 0.15) is 15.9 Å². The van der Waals surface area contributed by atoms with Gasteiger partial charge in [-0.2, -0.15) is 9.36 Å². The van der Waals surface area contributed by atoms with Crippen molar-refractivity contribution in [1.82, 2.24) is 14.3 Å². The maximum Gasteiger partial charge on any atom is 0.253 e. The Bertz CT molecular complexity index is 813. The fraction of sp³-hybridized carbons (Fsp3) is 0.167. The van der Waals surface area contributed by atoms with E-state index in [0.717, 1.165) is 22.1 Å². The third kappa shape index (κ3) is 3.78. The number of hydrogen-bond donors (Lipinski definition) is 1. The maximum atomic E-state index is 11.9. The highest BCUT2D eigenvalue weighted by molar-refractivity contribution is 7.09. The van der Waals surface area contributed by atoms with Gasteiger partial charge in [0.1, 0.15) is 0 Å². The van der Waals surface area contributed by atoms with E-state index < -0.39 is 0 Å². The second-order valence-corrected chi connectivity index (χ2v) is 6.29. The number of benzene rings is 2. The summed E-state index contributed by atoms with van der Waals surface area (Å²) in [6.45, 7) is 0.639. The summed E-state index contributed by atoms with van der Waals surface area (Å²) in [5.41, 5.74) is 2.78. The molecule has 1 amide bonds. The molecule has 0 aliphatic rings.